The predicted octanol–water partition coefficient (Wildman–Crippen LogP) is 3.86. The van der Waals surface area contributed by atoms with Gasteiger partial charge in [0.15, 0.2) is 0 Å². The second-order valence-corrected chi connectivity index (χ2v) is 5.71. The van der Waals surface area contributed by atoms with Crippen LogP contribution in [0.4, 0.5) is 0 Å². The van der Waals surface area contributed by atoms with Crippen molar-refractivity contribution in [1.82, 2.24) is 4.98 Å². The number of hydrogen-bond acceptors (Lipinski definition) is 2. The normalized spacial score (nSPS) is 23.6. The molecule has 2 N–H and O–H groups in total. The second-order valence-electron chi connectivity index (χ2n) is 5.71. The van der Waals surface area contributed by atoms with E-state index >= 15 is 0 Å². The van der Waals surface area contributed by atoms with Crippen molar-refractivity contribution in [2.45, 2.75) is 38.0 Å². The molecule has 1 aromatic carbocycles. The first-order chi connectivity index (χ1) is 9.38. The molecule has 0 bridgehead atoms. The standard InChI is InChI=1S/C17H22N2/c18-11-9-13-5-7-14(8-6-13)15-10-12-19-17-4-2-1-3-16(15)17/h1-4,10,12-14H,5-9,11,18H2/t13-,14-. The third-order valence-corrected chi connectivity index (χ3v) is 4.54. The van der Waals surface area contributed by atoms with Crippen molar-refractivity contribution in [2.24, 2.45) is 11.7 Å². The molecule has 1 saturated carbocycles. The monoisotopic (exact) mass is 254 g/mol. The van der Waals surface area contributed by atoms with Crippen LogP contribution in [0.3, 0.4) is 0 Å². The lowest BCUT2D eigenvalue weighted by atomic mass is 9.77. The number of rotatable bonds is 3. The van der Waals surface area contributed by atoms with E-state index in [1.54, 1.807) is 0 Å². The summed E-state index contributed by atoms with van der Waals surface area (Å²) in [6.07, 6.45) is 8.43. The van der Waals surface area contributed by atoms with Crippen LogP contribution >= 0.6 is 0 Å². The zero-order valence-corrected chi connectivity index (χ0v) is 11.4. The highest BCUT2D eigenvalue weighted by molar-refractivity contribution is 5.82. The second kappa shape index (κ2) is 5.70. The summed E-state index contributed by atoms with van der Waals surface area (Å²) in [6, 6.07) is 10.7. The fourth-order valence-electron chi connectivity index (χ4n) is 3.47. The number of aromatic nitrogens is 1. The first-order valence-electron chi connectivity index (χ1n) is 7.42. The van der Waals surface area contributed by atoms with Crippen LogP contribution in [0, 0.1) is 5.92 Å². The van der Waals surface area contributed by atoms with Gasteiger partial charge in [-0.2, -0.15) is 0 Å². The maximum atomic E-state index is 5.67. The van der Waals surface area contributed by atoms with Gasteiger partial charge in [-0.15, -0.1) is 0 Å². The molecule has 3 rings (SSSR count). The highest BCUT2D eigenvalue weighted by atomic mass is 14.6. The van der Waals surface area contributed by atoms with Gasteiger partial charge in [-0.25, -0.2) is 0 Å². The molecule has 0 unspecified atom stereocenters. The van der Waals surface area contributed by atoms with Crippen molar-refractivity contribution >= 4 is 10.9 Å². The Morgan fingerprint density at radius 1 is 1.05 bits per heavy atom. The van der Waals surface area contributed by atoms with Crippen LogP contribution in [0.5, 0.6) is 0 Å². The summed E-state index contributed by atoms with van der Waals surface area (Å²) in [4.78, 5) is 4.46. The Balaban J connectivity index is 1.82. The maximum absolute atomic E-state index is 5.67. The van der Waals surface area contributed by atoms with Crippen LogP contribution < -0.4 is 5.73 Å². The highest BCUT2D eigenvalue weighted by Gasteiger charge is 2.23. The molecule has 1 aliphatic carbocycles. The Morgan fingerprint density at radius 3 is 2.63 bits per heavy atom. The maximum Gasteiger partial charge on any atom is 0.0704 e. The molecule has 1 heterocycles. The number of benzene rings is 1. The zero-order chi connectivity index (χ0) is 13.1. The van der Waals surface area contributed by atoms with E-state index in [1.165, 1.54) is 43.1 Å². The molecule has 0 radical (unpaired) electrons. The third-order valence-electron chi connectivity index (χ3n) is 4.54. The van der Waals surface area contributed by atoms with Crippen molar-refractivity contribution in [3.05, 3.63) is 42.1 Å². The van der Waals surface area contributed by atoms with Gasteiger partial charge in [0.25, 0.3) is 0 Å². The van der Waals surface area contributed by atoms with Crippen LogP contribution in [0.1, 0.15) is 43.6 Å². The molecular formula is C17H22N2. The molecule has 0 spiro atoms. The quantitative estimate of drug-likeness (QED) is 0.903. The van der Waals surface area contributed by atoms with E-state index in [0.717, 1.165) is 18.0 Å². The fourth-order valence-corrected chi connectivity index (χ4v) is 3.47. The van der Waals surface area contributed by atoms with E-state index in [-0.39, 0.29) is 0 Å². The van der Waals surface area contributed by atoms with E-state index in [1.807, 2.05) is 6.20 Å². The number of pyridine rings is 1. The largest absolute Gasteiger partial charge is 0.330 e. The molecule has 1 aromatic heterocycles. The van der Waals surface area contributed by atoms with Gasteiger partial charge in [0, 0.05) is 11.6 Å². The van der Waals surface area contributed by atoms with Crippen molar-refractivity contribution in [2.75, 3.05) is 6.54 Å². The summed E-state index contributed by atoms with van der Waals surface area (Å²) < 4.78 is 0. The lowest BCUT2D eigenvalue weighted by molar-refractivity contribution is 0.314. The van der Waals surface area contributed by atoms with Gasteiger partial charge in [0.05, 0.1) is 5.52 Å². The number of para-hydroxylation sites is 1. The molecule has 1 fully saturated rings. The summed E-state index contributed by atoms with van der Waals surface area (Å²) >= 11 is 0. The average molecular weight is 254 g/mol. The van der Waals surface area contributed by atoms with E-state index in [9.17, 15) is 0 Å². The van der Waals surface area contributed by atoms with Crippen LogP contribution in [0.2, 0.25) is 0 Å². The Labute approximate surface area is 115 Å². The Morgan fingerprint density at radius 2 is 1.84 bits per heavy atom. The van der Waals surface area contributed by atoms with Gasteiger partial charge >= 0.3 is 0 Å². The van der Waals surface area contributed by atoms with Gasteiger partial charge in [-0.3, -0.25) is 4.98 Å². The van der Waals surface area contributed by atoms with Gasteiger partial charge in [-0.05, 0) is 68.2 Å². The minimum Gasteiger partial charge on any atom is -0.330 e. The number of nitrogens with two attached hydrogens (primary N) is 1. The van der Waals surface area contributed by atoms with Crippen LogP contribution in [-0.4, -0.2) is 11.5 Å². The van der Waals surface area contributed by atoms with Gasteiger partial charge in [0.2, 0.25) is 0 Å². The molecule has 1 aliphatic rings. The summed E-state index contributed by atoms with van der Waals surface area (Å²) in [5.74, 6) is 1.57. The first-order valence-corrected chi connectivity index (χ1v) is 7.42. The minimum atomic E-state index is 0.710. The van der Waals surface area contributed by atoms with Crippen LogP contribution in [0.25, 0.3) is 10.9 Å². The summed E-state index contributed by atoms with van der Waals surface area (Å²) in [7, 11) is 0. The molecule has 19 heavy (non-hydrogen) atoms. The summed E-state index contributed by atoms with van der Waals surface area (Å²) in [5, 5.41) is 1.34. The van der Waals surface area contributed by atoms with Crippen LogP contribution in [-0.2, 0) is 0 Å². The van der Waals surface area contributed by atoms with Crippen molar-refractivity contribution in [3.63, 3.8) is 0 Å². The predicted molar refractivity (Wildman–Crippen MR) is 80.1 cm³/mol. The average Bonchev–Trinajstić information content (AvgIpc) is 2.48. The van der Waals surface area contributed by atoms with Gasteiger partial charge in [-0.1, -0.05) is 18.2 Å². The van der Waals surface area contributed by atoms with Gasteiger partial charge in [0.1, 0.15) is 0 Å². The SMILES string of the molecule is NCC[C@H]1CC[C@H](c2ccnc3ccccc32)CC1. The van der Waals surface area contributed by atoms with Crippen LogP contribution in [0.15, 0.2) is 36.5 Å². The molecule has 0 saturated heterocycles. The topological polar surface area (TPSA) is 38.9 Å². The lowest BCUT2D eigenvalue weighted by Gasteiger charge is -2.29. The highest BCUT2D eigenvalue weighted by Crippen LogP contribution is 2.38. The summed E-state index contributed by atoms with van der Waals surface area (Å²) in [6.45, 7) is 0.841. The summed E-state index contributed by atoms with van der Waals surface area (Å²) in [5.41, 5.74) is 8.30. The molecule has 0 aliphatic heterocycles. The zero-order valence-electron chi connectivity index (χ0n) is 11.4. The fraction of sp³-hybridized carbons (Fsp3) is 0.471. The number of nitrogens with zero attached hydrogens (tertiary/aromatic N) is 1. The third kappa shape index (κ3) is 2.64. The Bertz CT molecular complexity index is 536. The molecule has 0 atom stereocenters. The molecular weight excluding hydrogens is 232 g/mol. The van der Waals surface area contributed by atoms with Gasteiger partial charge < -0.3 is 5.73 Å². The molecule has 2 heteroatoms. The van der Waals surface area contributed by atoms with E-state index in [2.05, 4.69) is 35.3 Å². The number of fused-ring (bicyclic) bond motifs is 1. The minimum absolute atomic E-state index is 0.710. The van der Waals surface area contributed by atoms with Crippen molar-refractivity contribution in [1.29, 1.82) is 0 Å². The number of hydrogen-bond donors (Lipinski definition) is 1. The van der Waals surface area contributed by atoms with Crippen molar-refractivity contribution in [3.8, 4) is 0 Å². The molecule has 2 aromatic rings. The molecule has 0 amide bonds. The van der Waals surface area contributed by atoms with E-state index in [4.69, 9.17) is 5.73 Å². The molecule has 100 valence electrons. The van der Waals surface area contributed by atoms with E-state index in [0.29, 0.717) is 5.92 Å². The smallest absolute Gasteiger partial charge is 0.0704 e. The Hall–Kier alpha value is -1.41. The first kappa shape index (κ1) is 12.6. The molecule has 2 nitrogen and oxygen atoms in total. The van der Waals surface area contributed by atoms with Crippen molar-refractivity contribution < 1.29 is 0 Å². The Kier molecular flexibility index (Phi) is 3.79. The lowest BCUT2D eigenvalue weighted by Crippen LogP contribution is -2.16. The van der Waals surface area contributed by atoms with E-state index < -0.39 is 0 Å².